The van der Waals surface area contributed by atoms with Crippen molar-refractivity contribution in [1.82, 2.24) is 15.0 Å². The molecule has 2 heterocycles. The van der Waals surface area contributed by atoms with E-state index in [0.29, 0.717) is 11.8 Å². The summed E-state index contributed by atoms with van der Waals surface area (Å²) in [6.45, 7) is 1.58. The molecule has 0 saturated heterocycles. The molecule has 0 spiro atoms. The molecule has 24 heavy (non-hydrogen) atoms. The van der Waals surface area contributed by atoms with E-state index < -0.39 is 35.1 Å². The number of fused-ring (bicyclic) bond motifs is 1. The molecule has 0 saturated carbocycles. The van der Waals surface area contributed by atoms with Crippen molar-refractivity contribution < 1.29 is 26.3 Å². The minimum absolute atomic E-state index is 0.125. The number of hydrogen-bond donors (Lipinski definition) is 2. The highest BCUT2D eigenvalue weighted by Gasteiger charge is 2.36. The van der Waals surface area contributed by atoms with E-state index in [2.05, 4.69) is 20.3 Å². The summed E-state index contributed by atoms with van der Waals surface area (Å²) >= 11 is 0. The average molecular weight is 346 g/mol. The Kier molecular flexibility index (Phi) is 3.61. The molecule has 126 valence electrons. The van der Waals surface area contributed by atoms with E-state index in [-0.39, 0.29) is 16.9 Å². The molecule has 0 atom stereocenters. The average Bonchev–Trinajstić information content (AvgIpc) is 2.87. The van der Waals surface area contributed by atoms with Gasteiger partial charge in [0.05, 0.1) is 11.1 Å². The summed E-state index contributed by atoms with van der Waals surface area (Å²) in [5, 5.41) is 2.40. The lowest BCUT2D eigenvalue weighted by molar-refractivity contribution is -0.144. The molecule has 3 aromatic rings. The van der Waals surface area contributed by atoms with Crippen molar-refractivity contribution in [3.8, 4) is 0 Å². The maximum Gasteiger partial charge on any atom is 0.451 e. The molecule has 2 N–H and O–H groups in total. The van der Waals surface area contributed by atoms with E-state index in [4.69, 9.17) is 0 Å². The number of rotatable bonds is 2. The van der Waals surface area contributed by atoms with Gasteiger partial charge in [-0.1, -0.05) is 0 Å². The number of aromatic nitrogens is 3. The summed E-state index contributed by atoms with van der Waals surface area (Å²) in [7, 11) is 0. The second-order valence-corrected chi connectivity index (χ2v) is 4.96. The largest absolute Gasteiger partial charge is 0.451 e. The monoisotopic (exact) mass is 346 g/mol. The van der Waals surface area contributed by atoms with Crippen molar-refractivity contribution in [3.05, 3.63) is 47.2 Å². The van der Waals surface area contributed by atoms with Gasteiger partial charge in [-0.3, -0.25) is 0 Å². The molecule has 2 aromatic heterocycles. The first-order valence-electron chi connectivity index (χ1n) is 6.52. The van der Waals surface area contributed by atoms with Crippen molar-refractivity contribution >= 4 is 22.5 Å². The highest BCUT2D eigenvalue weighted by molar-refractivity contribution is 5.89. The highest BCUT2D eigenvalue weighted by Crippen LogP contribution is 2.32. The summed E-state index contributed by atoms with van der Waals surface area (Å²) in [6.07, 6.45) is -4.84. The van der Waals surface area contributed by atoms with Crippen LogP contribution in [0.15, 0.2) is 18.2 Å². The zero-order valence-electron chi connectivity index (χ0n) is 11.9. The quantitative estimate of drug-likeness (QED) is 0.533. The van der Waals surface area contributed by atoms with Crippen molar-refractivity contribution in [1.29, 1.82) is 0 Å². The molecule has 0 unspecified atom stereocenters. The van der Waals surface area contributed by atoms with E-state index in [1.807, 2.05) is 0 Å². The van der Waals surface area contributed by atoms with Crippen LogP contribution in [0.5, 0.6) is 0 Å². The zero-order chi connectivity index (χ0) is 17.6. The zero-order valence-corrected chi connectivity index (χ0v) is 11.9. The van der Waals surface area contributed by atoms with Gasteiger partial charge < -0.3 is 10.3 Å². The lowest BCUT2D eigenvalue weighted by Crippen LogP contribution is -2.13. The third-order valence-corrected chi connectivity index (χ3v) is 3.16. The Labute approximate surface area is 130 Å². The molecule has 0 bridgehead atoms. The van der Waals surface area contributed by atoms with Crippen LogP contribution in [0.1, 0.15) is 11.5 Å². The Morgan fingerprint density at radius 1 is 1.04 bits per heavy atom. The van der Waals surface area contributed by atoms with Crippen LogP contribution < -0.4 is 5.32 Å². The van der Waals surface area contributed by atoms with Gasteiger partial charge in [0.1, 0.15) is 11.5 Å². The molecule has 0 aliphatic heterocycles. The van der Waals surface area contributed by atoms with Crippen LogP contribution in [0.3, 0.4) is 0 Å². The van der Waals surface area contributed by atoms with Crippen molar-refractivity contribution in [3.63, 3.8) is 0 Å². The van der Waals surface area contributed by atoms with Gasteiger partial charge in [-0.25, -0.2) is 23.1 Å². The summed E-state index contributed by atoms with van der Waals surface area (Å²) < 4.78 is 78.6. The van der Waals surface area contributed by atoms with Gasteiger partial charge in [0.15, 0.2) is 17.5 Å². The number of aromatic amines is 1. The number of nitrogens with zero attached hydrogens (tertiary/aromatic N) is 2. The first kappa shape index (κ1) is 16.1. The van der Waals surface area contributed by atoms with Crippen molar-refractivity contribution in [2.24, 2.45) is 0 Å². The molecule has 0 aliphatic rings. The fourth-order valence-corrected chi connectivity index (χ4v) is 2.11. The molecule has 0 radical (unpaired) electrons. The van der Waals surface area contributed by atoms with Gasteiger partial charge in [0, 0.05) is 5.69 Å². The van der Waals surface area contributed by atoms with Gasteiger partial charge in [0.25, 0.3) is 0 Å². The number of benzene rings is 1. The third-order valence-electron chi connectivity index (χ3n) is 3.16. The second-order valence-electron chi connectivity index (χ2n) is 4.96. The molecule has 10 heteroatoms. The second kappa shape index (κ2) is 5.39. The fraction of sp³-hybridized carbons (Fsp3) is 0.143. The Balaban J connectivity index is 2.16. The summed E-state index contributed by atoms with van der Waals surface area (Å²) in [6, 6.07) is 2.94. The molecule has 3 rings (SSSR count). The molecule has 0 aliphatic carbocycles. The third kappa shape index (κ3) is 2.74. The molecular weight excluding hydrogens is 338 g/mol. The van der Waals surface area contributed by atoms with Gasteiger partial charge in [-0.05, 0) is 25.1 Å². The van der Waals surface area contributed by atoms with Crippen molar-refractivity contribution in [2.45, 2.75) is 13.1 Å². The summed E-state index contributed by atoms with van der Waals surface area (Å²) in [5.41, 5.74) is -0.186. The molecular formula is C14H8F6N4. The lowest BCUT2D eigenvalue weighted by atomic mass is 10.2. The van der Waals surface area contributed by atoms with Crippen LogP contribution in [-0.2, 0) is 6.18 Å². The number of halogens is 6. The molecule has 1 aromatic carbocycles. The number of H-pyrrole nitrogens is 1. The molecule has 4 nitrogen and oxygen atoms in total. The standard InChI is InChI=1S/C14H8F6N4/c1-5-4-6-11(21-5)23-13(14(18,19)20)24-12(6)22-8-3-2-7(15)9(16)10(8)17/h2-4H,1H3,(H2,21,22,23,24). The van der Waals surface area contributed by atoms with Crippen LogP contribution in [-0.4, -0.2) is 15.0 Å². The predicted octanol–water partition coefficient (Wildman–Crippen LogP) is 4.45. The number of alkyl halides is 3. The van der Waals surface area contributed by atoms with E-state index in [0.717, 1.165) is 6.07 Å². The van der Waals surface area contributed by atoms with Crippen LogP contribution in [0.25, 0.3) is 11.0 Å². The Bertz CT molecular complexity index is 931. The van der Waals surface area contributed by atoms with E-state index >= 15 is 0 Å². The number of hydrogen-bond acceptors (Lipinski definition) is 3. The van der Waals surface area contributed by atoms with Gasteiger partial charge in [0.2, 0.25) is 5.82 Å². The van der Waals surface area contributed by atoms with Crippen LogP contribution in [0.4, 0.5) is 37.8 Å². The lowest BCUT2D eigenvalue weighted by Gasteiger charge is -2.11. The minimum atomic E-state index is -4.84. The fourth-order valence-electron chi connectivity index (χ4n) is 2.11. The normalized spacial score (nSPS) is 12.0. The van der Waals surface area contributed by atoms with Gasteiger partial charge in [-0.2, -0.15) is 13.2 Å². The maximum atomic E-state index is 13.7. The summed E-state index contributed by atoms with van der Waals surface area (Å²) in [5.74, 6) is -6.57. The van der Waals surface area contributed by atoms with E-state index in [1.54, 1.807) is 6.92 Å². The number of nitrogens with one attached hydrogen (secondary N) is 2. The first-order chi connectivity index (χ1) is 11.2. The maximum absolute atomic E-state index is 13.7. The van der Waals surface area contributed by atoms with Gasteiger partial charge >= 0.3 is 6.18 Å². The van der Waals surface area contributed by atoms with Gasteiger partial charge in [-0.15, -0.1) is 0 Å². The highest BCUT2D eigenvalue weighted by atomic mass is 19.4. The van der Waals surface area contributed by atoms with Crippen LogP contribution in [0, 0.1) is 24.4 Å². The molecule has 0 amide bonds. The summed E-state index contributed by atoms with van der Waals surface area (Å²) in [4.78, 5) is 9.30. The van der Waals surface area contributed by atoms with Crippen molar-refractivity contribution in [2.75, 3.05) is 5.32 Å². The first-order valence-corrected chi connectivity index (χ1v) is 6.52. The van der Waals surface area contributed by atoms with Crippen LogP contribution >= 0.6 is 0 Å². The van der Waals surface area contributed by atoms with Crippen LogP contribution in [0.2, 0.25) is 0 Å². The minimum Gasteiger partial charge on any atom is -0.343 e. The number of aryl methyl sites for hydroxylation is 1. The predicted molar refractivity (Wildman–Crippen MR) is 73.2 cm³/mol. The Morgan fingerprint density at radius 3 is 2.42 bits per heavy atom. The van der Waals surface area contributed by atoms with E-state index in [9.17, 15) is 26.3 Å². The molecule has 0 fully saturated rings. The Morgan fingerprint density at radius 2 is 1.75 bits per heavy atom. The SMILES string of the molecule is Cc1cc2c(Nc3ccc(F)c(F)c3F)nc(C(F)(F)F)nc2[nH]1. The Hall–Kier alpha value is -2.78. The number of anilines is 2. The smallest absolute Gasteiger partial charge is 0.343 e. The topological polar surface area (TPSA) is 53.6 Å². The van der Waals surface area contributed by atoms with E-state index in [1.165, 1.54) is 6.07 Å².